The van der Waals surface area contributed by atoms with Gasteiger partial charge in [-0.1, -0.05) is 0 Å². The predicted molar refractivity (Wildman–Crippen MR) is 96.9 cm³/mol. The van der Waals surface area contributed by atoms with Crippen molar-refractivity contribution in [3.8, 4) is 11.5 Å². The van der Waals surface area contributed by atoms with Gasteiger partial charge in [0.15, 0.2) is 11.5 Å². The highest BCUT2D eigenvalue weighted by molar-refractivity contribution is 5.95. The first kappa shape index (κ1) is 21.1. The summed E-state index contributed by atoms with van der Waals surface area (Å²) in [5, 5.41) is 22.5. The van der Waals surface area contributed by atoms with Gasteiger partial charge in [0, 0.05) is 17.7 Å². The lowest BCUT2D eigenvalue weighted by atomic mass is 10.1. The maximum atomic E-state index is 12.4. The molecular weight excluding hydrogens is 390 g/mol. The van der Waals surface area contributed by atoms with E-state index in [9.17, 15) is 29.8 Å². The van der Waals surface area contributed by atoms with Gasteiger partial charge in [-0.3, -0.25) is 25.0 Å². The van der Waals surface area contributed by atoms with E-state index in [0.29, 0.717) is 0 Å². The van der Waals surface area contributed by atoms with Crippen molar-refractivity contribution >= 4 is 23.3 Å². The number of ether oxygens (including phenoxy) is 3. The first-order valence-electron chi connectivity index (χ1n) is 7.84. The van der Waals surface area contributed by atoms with Gasteiger partial charge in [-0.2, -0.15) is 0 Å². The average Bonchev–Trinajstić information content (AvgIpc) is 2.70. The quantitative estimate of drug-likeness (QED) is 0.391. The number of nitro groups is 2. The molecule has 0 bridgehead atoms. The van der Waals surface area contributed by atoms with Gasteiger partial charge in [0.05, 0.1) is 35.7 Å². The van der Waals surface area contributed by atoms with Crippen molar-refractivity contribution in [2.24, 2.45) is 5.73 Å². The fourth-order valence-corrected chi connectivity index (χ4v) is 2.41. The van der Waals surface area contributed by atoms with Crippen LogP contribution in [-0.4, -0.2) is 35.9 Å². The molecule has 2 N–H and O–H groups in total. The van der Waals surface area contributed by atoms with Gasteiger partial charge in [-0.05, 0) is 12.1 Å². The number of rotatable bonds is 8. The minimum Gasteiger partial charge on any atom is -0.493 e. The summed E-state index contributed by atoms with van der Waals surface area (Å²) < 4.78 is 15.0. The molecule has 0 unspecified atom stereocenters. The van der Waals surface area contributed by atoms with Gasteiger partial charge < -0.3 is 19.9 Å². The topological polar surface area (TPSA) is 174 Å². The zero-order valence-electron chi connectivity index (χ0n) is 15.2. The van der Waals surface area contributed by atoms with Crippen molar-refractivity contribution in [3.63, 3.8) is 0 Å². The molecule has 1 amide bonds. The van der Waals surface area contributed by atoms with Crippen LogP contribution < -0.4 is 15.2 Å². The van der Waals surface area contributed by atoms with E-state index >= 15 is 0 Å². The molecule has 0 radical (unpaired) electrons. The smallest absolute Gasteiger partial charge is 0.345 e. The Kier molecular flexibility index (Phi) is 6.29. The van der Waals surface area contributed by atoms with Crippen LogP contribution in [0.25, 0.3) is 0 Å². The molecule has 12 nitrogen and oxygen atoms in total. The minimum atomic E-state index is -1.11. The van der Waals surface area contributed by atoms with Crippen LogP contribution in [0.15, 0.2) is 30.3 Å². The molecular formula is C17H15N3O9. The monoisotopic (exact) mass is 405 g/mol. The van der Waals surface area contributed by atoms with Gasteiger partial charge in [0.2, 0.25) is 5.91 Å². The van der Waals surface area contributed by atoms with Crippen molar-refractivity contribution in [2.45, 2.75) is 6.61 Å². The van der Waals surface area contributed by atoms with Gasteiger partial charge in [-0.25, -0.2) is 4.79 Å². The van der Waals surface area contributed by atoms with Crippen LogP contribution in [0.1, 0.15) is 26.3 Å². The van der Waals surface area contributed by atoms with Crippen molar-refractivity contribution in [1.82, 2.24) is 0 Å². The number of carbonyl (C=O) groups excluding carboxylic acids is 2. The summed E-state index contributed by atoms with van der Waals surface area (Å²) in [5.41, 5.74) is 3.46. The Balaban J connectivity index is 2.35. The largest absolute Gasteiger partial charge is 0.493 e. The summed E-state index contributed by atoms with van der Waals surface area (Å²) in [6.45, 7) is -0.570. The summed E-state index contributed by atoms with van der Waals surface area (Å²) in [5.74, 6) is -1.88. The number of nitro benzene ring substituents is 2. The normalized spacial score (nSPS) is 10.1. The molecule has 0 aromatic heterocycles. The zero-order chi connectivity index (χ0) is 21.7. The van der Waals surface area contributed by atoms with Crippen LogP contribution in [0.4, 0.5) is 11.4 Å². The lowest BCUT2D eigenvalue weighted by Crippen LogP contribution is -2.13. The van der Waals surface area contributed by atoms with Crippen LogP contribution in [0.2, 0.25) is 0 Å². The van der Waals surface area contributed by atoms with E-state index in [1.165, 1.54) is 26.4 Å². The second kappa shape index (κ2) is 8.65. The summed E-state index contributed by atoms with van der Waals surface area (Å²) in [7, 11) is 2.55. The van der Waals surface area contributed by atoms with E-state index in [1.807, 2.05) is 0 Å². The molecule has 0 saturated heterocycles. The molecule has 29 heavy (non-hydrogen) atoms. The Bertz CT molecular complexity index is 1000. The van der Waals surface area contributed by atoms with E-state index in [1.54, 1.807) is 0 Å². The second-order valence-corrected chi connectivity index (χ2v) is 5.52. The molecule has 0 aliphatic heterocycles. The number of carbonyl (C=O) groups is 2. The first-order valence-corrected chi connectivity index (χ1v) is 7.84. The Morgan fingerprint density at radius 3 is 2.07 bits per heavy atom. The molecule has 2 rings (SSSR count). The Morgan fingerprint density at radius 1 is 0.966 bits per heavy atom. The van der Waals surface area contributed by atoms with Gasteiger partial charge in [0.25, 0.3) is 11.4 Å². The molecule has 0 aliphatic carbocycles. The molecule has 0 spiro atoms. The molecule has 152 valence electrons. The summed E-state index contributed by atoms with van der Waals surface area (Å²) >= 11 is 0. The number of hydrogen-bond acceptors (Lipinski definition) is 9. The minimum absolute atomic E-state index is 0.0310. The number of esters is 1. The summed E-state index contributed by atoms with van der Waals surface area (Å²) in [6, 6.07) is 5.46. The van der Waals surface area contributed by atoms with Crippen molar-refractivity contribution in [1.29, 1.82) is 0 Å². The standard InChI is InChI=1S/C17H15N3O9/c1-27-14-6-11(13(20(25)26)7-15(14)28-2)17(22)29-8-10-4-3-9(16(18)21)5-12(10)19(23)24/h3-7H,8H2,1-2H3,(H2,18,21). The number of amides is 1. The van der Waals surface area contributed by atoms with E-state index < -0.39 is 45.3 Å². The number of nitrogens with zero attached hydrogens (tertiary/aromatic N) is 2. The molecule has 0 fully saturated rings. The number of primary amides is 1. The Morgan fingerprint density at radius 2 is 1.55 bits per heavy atom. The Hall–Kier alpha value is -4.22. The number of methoxy groups -OCH3 is 2. The van der Waals surface area contributed by atoms with E-state index in [-0.39, 0.29) is 22.6 Å². The SMILES string of the molecule is COc1cc(C(=O)OCc2ccc(C(N)=O)cc2[N+](=O)[O-])c([N+](=O)[O-])cc1OC. The zero-order valence-corrected chi connectivity index (χ0v) is 15.2. The van der Waals surface area contributed by atoms with Gasteiger partial charge >= 0.3 is 5.97 Å². The first-order chi connectivity index (χ1) is 13.7. The maximum absolute atomic E-state index is 12.4. The van der Waals surface area contributed by atoms with Crippen molar-refractivity contribution in [2.75, 3.05) is 14.2 Å². The van der Waals surface area contributed by atoms with Crippen molar-refractivity contribution in [3.05, 3.63) is 67.3 Å². The lowest BCUT2D eigenvalue weighted by Gasteiger charge is -2.11. The lowest BCUT2D eigenvalue weighted by molar-refractivity contribution is -0.385. The molecule has 12 heteroatoms. The van der Waals surface area contributed by atoms with Gasteiger partial charge in [0.1, 0.15) is 12.2 Å². The van der Waals surface area contributed by atoms with Crippen molar-refractivity contribution < 1.29 is 33.6 Å². The number of benzene rings is 2. The highest BCUT2D eigenvalue weighted by Crippen LogP contribution is 2.35. The highest BCUT2D eigenvalue weighted by atomic mass is 16.6. The van der Waals surface area contributed by atoms with Gasteiger partial charge in [-0.15, -0.1) is 0 Å². The average molecular weight is 405 g/mol. The van der Waals surface area contributed by atoms with Crippen LogP contribution in [0.5, 0.6) is 11.5 Å². The Labute approximate surface area is 163 Å². The van der Waals surface area contributed by atoms with E-state index in [0.717, 1.165) is 18.2 Å². The molecule has 2 aromatic rings. The van der Waals surface area contributed by atoms with Crippen LogP contribution in [0, 0.1) is 20.2 Å². The summed E-state index contributed by atoms with van der Waals surface area (Å²) in [6.07, 6.45) is 0. The van der Waals surface area contributed by atoms with E-state index in [4.69, 9.17) is 19.9 Å². The number of hydrogen-bond donors (Lipinski definition) is 1. The maximum Gasteiger partial charge on any atom is 0.345 e. The van der Waals surface area contributed by atoms with E-state index in [2.05, 4.69) is 0 Å². The van der Waals surface area contributed by atoms with Crippen LogP contribution >= 0.6 is 0 Å². The highest BCUT2D eigenvalue weighted by Gasteiger charge is 2.26. The van der Waals surface area contributed by atoms with Crippen LogP contribution in [0.3, 0.4) is 0 Å². The third-order valence-corrected chi connectivity index (χ3v) is 3.84. The third kappa shape index (κ3) is 4.55. The fraction of sp³-hybridized carbons (Fsp3) is 0.176. The molecule has 0 atom stereocenters. The molecule has 0 aliphatic rings. The number of nitrogens with two attached hydrogens (primary N) is 1. The molecule has 0 saturated carbocycles. The fourth-order valence-electron chi connectivity index (χ4n) is 2.41. The third-order valence-electron chi connectivity index (χ3n) is 3.84. The summed E-state index contributed by atoms with van der Waals surface area (Å²) in [4.78, 5) is 44.5. The molecule has 2 aromatic carbocycles. The molecule has 0 heterocycles. The second-order valence-electron chi connectivity index (χ2n) is 5.52. The predicted octanol–water partition coefficient (Wildman–Crippen LogP) is 1.98. The van der Waals surface area contributed by atoms with Crippen LogP contribution in [-0.2, 0) is 11.3 Å².